The van der Waals surface area contributed by atoms with Gasteiger partial charge in [-0.1, -0.05) is 24.3 Å². The highest BCUT2D eigenvalue weighted by atomic mass is 32.1. The molecule has 0 aliphatic heterocycles. The van der Waals surface area contributed by atoms with Crippen LogP contribution >= 0.6 is 12.2 Å². The topological polar surface area (TPSA) is 33.3 Å². The van der Waals surface area contributed by atoms with Gasteiger partial charge in [0.15, 0.2) is 5.11 Å². The van der Waals surface area contributed by atoms with E-state index in [4.69, 9.17) is 17.0 Å². The van der Waals surface area contributed by atoms with Crippen LogP contribution in [0.15, 0.2) is 42.5 Å². The van der Waals surface area contributed by atoms with E-state index in [-0.39, 0.29) is 6.04 Å². The number of hydrogen-bond acceptors (Lipinski definition) is 2. The summed E-state index contributed by atoms with van der Waals surface area (Å²) in [6, 6.07) is 14.4. The largest absolute Gasteiger partial charge is 0.491 e. The molecule has 23 heavy (non-hydrogen) atoms. The molecule has 0 aliphatic carbocycles. The number of anilines is 1. The Morgan fingerprint density at radius 3 is 2.39 bits per heavy atom. The molecule has 0 spiro atoms. The molecule has 0 fully saturated rings. The highest BCUT2D eigenvalue weighted by Gasteiger charge is 2.07. The number of rotatable bonds is 5. The van der Waals surface area contributed by atoms with E-state index < -0.39 is 0 Å². The Morgan fingerprint density at radius 2 is 1.74 bits per heavy atom. The predicted octanol–water partition coefficient (Wildman–Crippen LogP) is 4.37. The molecular weight excluding hydrogens is 304 g/mol. The van der Waals surface area contributed by atoms with Crippen molar-refractivity contribution in [2.24, 2.45) is 0 Å². The molecule has 0 aromatic heterocycles. The quantitative estimate of drug-likeness (QED) is 0.799. The zero-order chi connectivity index (χ0) is 16.8. The van der Waals surface area contributed by atoms with Crippen molar-refractivity contribution in [1.82, 2.24) is 5.32 Å². The summed E-state index contributed by atoms with van der Waals surface area (Å²) in [7, 11) is 0. The summed E-state index contributed by atoms with van der Waals surface area (Å²) in [6.45, 7) is 8.80. The summed E-state index contributed by atoms with van der Waals surface area (Å²) in [5, 5.41) is 7.09. The predicted molar refractivity (Wildman–Crippen MR) is 101 cm³/mol. The lowest BCUT2D eigenvalue weighted by molar-refractivity contribution is 0.285. The molecule has 0 aliphatic rings. The lowest BCUT2D eigenvalue weighted by atomic mass is 10.1. The first kappa shape index (κ1) is 17.3. The average molecular weight is 328 g/mol. The fraction of sp³-hybridized carbons (Fsp3) is 0.316. The normalized spacial score (nSPS) is 11.7. The minimum Gasteiger partial charge on any atom is -0.491 e. The van der Waals surface area contributed by atoms with E-state index in [1.54, 1.807) is 0 Å². The molecule has 0 bridgehead atoms. The molecule has 2 rings (SSSR count). The van der Waals surface area contributed by atoms with E-state index in [0.29, 0.717) is 11.7 Å². The molecule has 0 saturated carbocycles. The third-order valence-electron chi connectivity index (χ3n) is 3.44. The molecule has 1 atom stereocenters. The van der Waals surface area contributed by atoms with Crippen molar-refractivity contribution >= 4 is 23.0 Å². The third-order valence-corrected chi connectivity index (χ3v) is 3.66. The standard InChI is InChI=1S/C19H24N2OS/c1-13-9-14(2)11-17(10-13)21-19(23)20-16(4)12-22-18-8-6-5-7-15(18)3/h5-11,16H,12H2,1-4H3,(H2,20,21,23). The summed E-state index contributed by atoms with van der Waals surface area (Å²) in [6.07, 6.45) is 0. The Morgan fingerprint density at radius 1 is 1.09 bits per heavy atom. The maximum absolute atomic E-state index is 5.84. The van der Waals surface area contributed by atoms with Crippen molar-refractivity contribution in [3.63, 3.8) is 0 Å². The number of nitrogens with one attached hydrogen (secondary N) is 2. The van der Waals surface area contributed by atoms with Crippen LogP contribution in [0, 0.1) is 20.8 Å². The molecule has 2 N–H and O–H groups in total. The third kappa shape index (κ3) is 5.57. The fourth-order valence-electron chi connectivity index (χ4n) is 2.41. The van der Waals surface area contributed by atoms with Crippen LogP contribution < -0.4 is 15.4 Å². The molecule has 0 heterocycles. The van der Waals surface area contributed by atoms with Gasteiger partial charge in [-0.05, 0) is 74.8 Å². The van der Waals surface area contributed by atoms with Crippen molar-refractivity contribution in [3.05, 3.63) is 59.2 Å². The van der Waals surface area contributed by atoms with Crippen LogP contribution in [0.1, 0.15) is 23.6 Å². The van der Waals surface area contributed by atoms with Crippen molar-refractivity contribution < 1.29 is 4.74 Å². The first-order chi connectivity index (χ1) is 10.9. The number of para-hydroxylation sites is 1. The van der Waals surface area contributed by atoms with E-state index >= 15 is 0 Å². The Bertz CT molecular complexity index is 665. The van der Waals surface area contributed by atoms with Gasteiger partial charge >= 0.3 is 0 Å². The van der Waals surface area contributed by atoms with Crippen LogP contribution in [0.5, 0.6) is 5.75 Å². The van der Waals surface area contributed by atoms with Gasteiger partial charge < -0.3 is 15.4 Å². The van der Waals surface area contributed by atoms with Gasteiger partial charge in [-0.25, -0.2) is 0 Å². The molecular formula is C19H24N2OS. The summed E-state index contributed by atoms with van der Waals surface area (Å²) in [5.74, 6) is 0.911. The Labute approximate surface area is 144 Å². The zero-order valence-corrected chi connectivity index (χ0v) is 15.0. The Hall–Kier alpha value is -2.07. The second kappa shape index (κ2) is 7.97. The van der Waals surface area contributed by atoms with Gasteiger partial charge in [0, 0.05) is 5.69 Å². The van der Waals surface area contributed by atoms with Crippen LogP contribution in [0.2, 0.25) is 0 Å². The van der Waals surface area contributed by atoms with Crippen LogP contribution in [-0.4, -0.2) is 17.8 Å². The summed E-state index contributed by atoms with van der Waals surface area (Å²) < 4.78 is 5.84. The van der Waals surface area contributed by atoms with Gasteiger partial charge in [-0.3, -0.25) is 0 Å². The highest BCUT2D eigenvalue weighted by Crippen LogP contribution is 2.16. The minimum atomic E-state index is 0.112. The number of benzene rings is 2. The SMILES string of the molecule is Cc1cc(C)cc(NC(=S)NC(C)COc2ccccc2C)c1. The molecule has 0 amide bonds. The molecule has 2 aromatic rings. The van der Waals surface area contributed by atoms with Crippen molar-refractivity contribution in [1.29, 1.82) is 0 Å². The minimum absolute atomic E-state index is 0.112. The monoisotopic (exact) mass is 328 g/mol. The maximum Gasteiger partial charge on any atom is 0.171 e. The lowest BCUT2D eigenvalue weighted by Crippen LogP contribution is -2.39. The van der Waals surface area contributed by atoms with Gasteiger partial charge in [0.25, 0.3) is 0 Å². The second-order valence-corrected chi connectivity index (χ2v) is 6.36. The first-order valence-electron chi connectivity index (χ1n) is 7.78. The van der Waals surface area contributed by atoms with Crippen molar-refractivity contribution in [2.45, 2.75) is 33.7 Å². The molecule has 1 unspecified atom stereocenters. The number of aryl methyl sites for hydroxylation is 3. The summed E-state index contributed by atoms with van der Waals surface area (Å²) in [4.78, 5) is 0. The van der Waals surface area contributed by atoms with E-state index in [2.05, 4.69) is 42.7 Å². The van der Waals surface area contributed by atoms with E-state index in [1.165, 1.54) is 11.1 Å². The van der Waals surface area contributed by atoms with Crippen molar-refractivity contribution in [2.75, 3.05) is 11.9 Å². The smallest absolute Gasteiger partial charge is 0.171 e. The van der Waals surface area contributed by atoms with Gasteiger partial charge in [-0.15, -0.1) is 0 Å². The molecule has 0 saturated heterocycles. The summed E-state index contributed by atoms with van der Waals surface area (Å²) in [5.41, 5.74) is 4.57. The van der Waals surface area contributed by atoms with E-state index in [9.17, 15) is 0 Å². The van der Waals surface area contributed by atoms with E-state index in [0.717, 1.165) is 17.0 Å². The second-order valence-electron chi connectivity index (χ2n) is 5.95. The van der Waals surface area contributed by atoms with Crippen LogP contribution in [0.3, 0.4) is 0 Å². The molecule has 0 radical (unpaired) electrons. The number of ether oxygens (including phenoxy) is 1. The maximum atomic E-state index is 5.84. The van der Waals surface area contributed by atoms with Gasteiger partial charge in [-0.2, -0.15) is 0 Å². The number of thiocarbonyl (C=S) groups is 1. The average Bonchev–Trinajstić information content (AvgIpc) is 2.45. The lowest BCUT2D eigenvalue weighted by Gasteiger charge is -2.18. The van der Waals surface area contributed by atoms with E-state index in [1.807, 2.05) is 38.1 Å². The first-order valence-corrected chi connectivity index (χ1v) is 8.19. The molecule has 122 valence electrons. The Balaban J connectivity index is 1.84. The fourth-order valence-corrected chi connectivity index (χ4v) is 2.73. The zero-order valence-electron chi connectivity index (χ0n) is 14.1. The van der Waals surface area contributed by atoms with Crippen LogP contribution in [0.25, 0.3) is 0 Å². The Kier molecular flexibility index (Phi) is 5.99. The van der Waals surface area contributed by atoms with Gasteiger partial charge in [0.05, 0.1) is 6.04 Å². The summed E-state index contributed by atoms with van der Waals surface area (Å²) >= 11 is 5.38. The van der Waals surface area contributed by atoms with Gasteiger partial charge in [0.2, 0.25) is 0 Å². The van der Waals surface area contributed by atoms with Crippen molar-refractivity contribution in [3.8, 4) is 5.75 Å². The molecule has 3 nitrogen and oxygen atoms in total. The number of hydrogen-bond donors (Lipinski definition) is 2. The van der Waals surface area contributed by atoms with Crippen LogP contribution in [-0.2, 0) is 0 Å². The van der Waals surface area contributed by atoms with Gasteiger partial charge in [0.1, 0.15) is 12.4 Å². The molecule has 4 heteroatoms. The highest BCUT2D eigenvalue weighted by molar-refractivity contribution is 7.80. The van der Waals surface area contributed by atoms with Crippen LogP contribution in [0.4, 0.5) is 5.69 Å². The molecule has 2 aromatic carbocycles.